The van der Waals surface area contributed by atoms with Crippen molar-refractivity contribution in [2.75, 3.05) is 20.2 Å². The Bertz CT molecular complexity index is 1850. The lowest BCUT2D eigenvalue weighted by molar-refractivity contribution is -0.138. The van der Waals surface area contributed by atoms with Crippen LogP contribution < -0.4 is 16.0 Å². The van der Waals surface area contributed by atoms with Gasteiger partial charge < -0.3 is 14.7 Å². The van der Waals surface area contributed by atoms with Crippen LogP contribution in [0.3, 0.4) is 0 Å². The number of aromatic nitrogens is 5. The number of fused-ring (bicyclic) bond motifs is 1. The van der Waals surface area contributed by atoms with Gasteiger partial charge in [0.05, 0.1) is 31.0 Å². The summed E-state index contributed by atoms with van der Waals surface area (Å²) in [6.45, 7) is 6.33. The number of hydrogen-bond acceptors (Lipinski definition) is 9. The number of ether oxygens (including phenoxy) is 1. The van der Waals surface area contributed by atoms with Crippen LogP contribution in [0.2, 0.25) is 0 Å². The van der Waals surface area contributed by atoms with E-state index in [-0.39, 0.29) is 25.0 Å². The summed E-state index contributed by atoms with van der Waals surface area (Å²) in [4.78, 5) is 55.6. The number of thiophene rings is 1. The highest BCUT2D eigenvalue weighted by molar-refractivity contribution is 7.21. The zero-order valence-corrected chi connectivity index (χ0v) is 27.3. The fraction of sp³-hybridized carbons (Fsp3) is 0.500. The molecular weight excluding hydrogens is 615 g/mol. The molecule has 1 aromatic carbocycles. The number of benzene rings is 1. The second-order valence-corrected chi connectivity index (χ2v) is 13.1. The van der Waals surface area contributed by atoms with Gasteiger partial charge >= 0.3 is 5.69 Å². The van der Waals surface area contributed by atoms with E-state index in [9.17, 15) is 23.6 Å². The first-order valence-electron chi connectivity index (χ1n) is 15.4. The highest BCUT2D eigenvalue weighted by atomic mass is 32.1. The number of rotatable bonds is 7. The molecule has 14 heteroatoms. The zero-order valence-electron chi connectivity index (χ0n) is 26.5. The van der Waals surface area contributed by atoms with Crippen molar-refractivity contribution >= 4 is 33.2 Å². The van der Waals surface area contributed by atoms with Crippen LogP contribution in [0.1, 0.15) is 63.5 Å². The molecule has 46 heavy (non-hydrogen) atoms. The van der Waals surface area contributed by atoms with Crippen molar-refractivity contribution < 1.29 is 23.8 Å². The minimum Gasteiger partial charge on any atom is -0.496 e. The zero-order chi connectivity index (χ0) is 33.2. The lowest BCUT2D eigenvalue weighted by Gasteiger charge is -2.31. The van der Waals surface area contributed by atoms with Gasteiger partial charge in [0.15, 0.2) is 0 Å². The third-order valence-electron chi connectivity index (χ3n) is 8.62. The normalized spacial score (nSPS) is 15.7. The molecule has 4 heterocycles. The van der Waals surface area contributed by atoms with Gasteiger partial charge in [0, 0.05) is 38.0 Å². The van der Waals surface area contributed by atoms with Crippen LogP contribution in [0, 0.1) is 12.7 Å². The van der Waals surface area contributed by atoms with Crippen LogP contribution in [0.25, 0.3) is 15.2 Å². The van der Waals surface area contributed by atoms with Gasteiger partial charge in [0.1, 0.15) is 32.7 Å². The second-order valence-electron chi connectivity index (χ2n) is 12.1. The van der Waals surface area contributed by atoms with Crippen molar-refractivity contribution in [2.45, 2.75) is 83.9 Å². The van der Waals surface area contributed by atoms with Crippen molar-refractivity contribution in [1.82, 2.24) is 29.0 Å². The summed E-state index contributed by atoms with van der Waals surface area (Å²) in [7, 11) is 1.50. The van der Waals surface area contributed by atoms with Crippen LogP contribution in [-0.2, 0) is 28.1 Å². The molecule has 2 aliphatic rings. The molecule has 0 bridgehead atoms. The largest absolute Gasteiger partial charge is 0.496 e. The van der Waals surface area contributed by atoms with E-state index in [4.69, 9.17) is 9.84 Å². The standard InChI is InChI=1S/C26H29FN6O4S.C6H10O2/c1-16-20-21(34)32(26(2,3)24(35)30-12-5-6-13-30)25(36)31(23(20)38-22(16)33-28-10-11-29-33)14-9-17-15-18(27)7-8-19(17)37-4;7-5-1-2-6(8)4-3-5/h7-8,10-11,15H,5-6,9,12-14H2,1-4H3;5,7H,1-4H2. The van der Waals surface area contributed by atoms with Crippen LogP contribution in [0.4, 0.5) is 4.39 Å². The van der Waals surface area contributed by atoms with Gasteiger partial charge in [-0.2, -0.15) is 10.2 Å². The lowest BCUT2D eigenvalue weighted by atomic mass is 9.97. The smallest absolute Gasteiger partial charge is 0.333 e. The summed E-state index contributed by atoms with van der Waals surface area (Å²) in [6.07, 6.45) is 7.43. The van der Waals surface area contributed by atoms with E-state index in [1.165, 1.54) is 52.3 Å². The Kier molecular flexibility index (Phi) is 9.87. The molecule has 1 saturated carbocycles. The summed E-state index contributed by atoms with van der Waals surface area (Å²) in [6, 6.07) is 4.22. The number of likely N-dealkylation sites (tertiary alicyclic amines) is 1. The predicted molar refractivity (Wildman–Crippen MR) is 171 cm³/mol. The maximum Gasteiger partial charge on any atom is 0.333 e. The second kappa shape index (κ2) is 13.7. The van der Waals surface area contributed by atoms with Gasteiger partial charge in [0.2, 0.25) is 5.91 Å². The van der Waals surface area contributed by atoms with Gasteiger partial charge in [-0.15, -0.1) is 4.80 Å². The molecule has 0 spiro atoms. The average molecular weight is 655 g/mol. The van der Waals surface area contributed by atoms with Crippen molar-refractivity contribution in [2.24, 2.45) is 0 Å². The first-order chi connectivity index (χ1) is 21.9. The molecule has 246 valence electrons. The first kappa shape index (κ1) is 33.2. The molecule has 0 radical (unpaired) electrons. The Labute approximate surface area is 269 Å². The van der Waals surface area contributed by atoms with Gasteiger partial charge in [-0.3, -0.25) is 19.0 Å². The maximum atomic E-state index is 14.0. The van der Waals surface area contributed by atoms with Crippen LogP contribution >= 0.6 is 11.3 Å². The van der Waals surface area contributed by atoms with Gasteiger partial charge in [-0.05, 0) is 76.6 Å². The number of halogens is 1. The molecular formula is C32H39FN6O6S. The third-order valence-corrected chi connectivity index (χ3v) is 9.90. The Balaban J connectivity index is 0.000000455. The topological polar surface area (TPSA) is 142 Å². The highest BCUT2D eigenvalue weighted by Crippen LogP contribution is 2.32. The average Bonchev–Trinajstić information content (AvgIpc) is 3.81. The predicted octanol–water partition coefficient (Wildman–Crippen LogP) is 3.35. The quantitative estimate of drug-likeness (QED) is 0.320. The number of nitrogens with zero attached hydrogens (tertiary/aromatic N) is 6. The Morgan fingerprint density at radius 1 is 1.11 bits per heavy atom. The molecule has 1 saturated heterocycles. The number of aliphatic hydroxyl groups excluding tert-OH is 1. The lowest BCUT2D eigenvalue weighted by Crippen LogP contribution is -2.56. The monoisotopic (exact) mass is 654 g/mol. The van der Waals surface area contributed by atoms with E-state index >= 15 is 0 Å². The Morgan fingerprint density at radius 2 is 1.76 bits per heavy atom. The number of methoxy groups -OCH3 is 1. The summed E-state index contributed by atoms with van der Waals surface area (Å²) in [5.41, 5.74) is -1.35. The van der Waals surface area contributed by atoms with Gasteiger partial charge in [0.25, 0.3) is 5.56 Å². The molecule has 2 fully saturated rings. The number of carbonyl (C=O) groups excluding carboxylic acids is 2. The number of aryl methyl sites for hydroxylation is 3. The Hall–Kier alpha value is -4.17. The van der Waals surface area contributed by atoms with E-state index < -0.39 is 22.6 Å². The fourth-order valence-corrected chi connectivity index (χ4v) is 7.27. The molecule has 1 aliphatic heterocycles. The van der Waals surface area contributed by atoms with Crippen molar-refractivity contribution in [3.05, 3.63) is 68.4 Å². The molecule has 1 aliphatic carbocycles. The number of carbonyl (C=O) groups is 2. The van der Waals surface area contributed by atoms with E-state index in [1.54, 1.807) is 31.7 Å². The van der Waals surface area contributed by atoms with Crippen LogP contribution in [-0.4, -0.2) is 72.1 Å². The molecule has 6 rings (SSSR count). The van der Waals surface area contributed by atoms with Crippen LogP contribution in [0.15, 0.2) is 40.2 Å². The molecule has 1 N–H and O–H groups in total. The van der Waals surface area contributed by atoms with E-state index in [1.807, 2.05) is 0 Å². The molecule has 0 atom stereocenters. The number of Topliss-reactive ketones (excluding diaryl/α,β-unsaturated/α-hetero) is 1. The van der Waals surface area contributed by atoms with E-state index in [0.717, 1.165) is 17.4 Å². The number of ketones is 1. The summed E-state index contributed by atoms with van der Waals surface area (Å²) >= 11 is 1.22. The molecule has 0 unspecified atom stereocenters. The Morgan fingerprint density at radius 3 is 2.37 bits per heavy atom. The highest BCUT2D eigenvalue weighted by Gasteiger charge is 2.39. The van der Waals surface area contributed by atoms with Gasteiger partial charge in [-0.25, -0.2) is 13.8 Å². The number of aliphatic hydroxyl groups is 1. The number of hydrogen-bond donors (Lipinski definition) is 1. The molecule has 3 aromatic heterocycles. The van der Waals surface area contributed by atoms with Crippen molar-refractivity contribution in [1.29, 1.82) is 0 Å². The summed E-state index contributed by atoms with van der Waals surface area (Å²) in [5, 5.41) is 18.2. The minimum atomic E-state index is -1.41. The maximum absolute atomic E-state index is 14.0. The minimum absolute atomic E-state index is 0.134. The molecule has 1 amide bonds. The fourth-order valence-electron chi connectivity index (χ4n) is 6.04. The van der Waals surface area contributed by atoms with E-state index in [2.05, 4.69) is 10.2 Å². The van der Waals surface area contributed by atoms with Crippen LogP contribution in [0.5, 0.6) is 5.75 Å². The summed E-state index contributed by atoms with van der Waals surface area (Å²) < 4.78 is 22.0. The van der Waals surface area contributed by atoms with Crippen molar-refractivity contribution in [3.8, 4) is 10.8 Å². The molecule has 4 aromatic rings. The first-order valence-corrected chi connectivity index (χ1v) is 16.2. The number of amides is 1. The SMILES string of the molecule is COc1ccc(F)cc1CCn1c(=O)n(C(C)(C)C(=O)N2CCCC2)c(=O)c2c(C)c(-n3nccn3)sc21.O=C1CCC(O)CC1. The molecule has 12 nitrogen and oxygen atoms in total. The van der Waals surface area contributed by atoms with E-state index in [0.29, 0.717) is 76.7 Å². The van der Waals surface area contributed by atoms with Gasteiger partial charge in [-0.1, -0.05) is 11.3 Å². The van der Waals surface area contributed by atoms with Crippen molar-refractivity contribution in [3.63, 3.8) is 0 Å². The summed E-state index contributed by atoms with van der Waals surface area (Å²) in [5.74, 6) is 0.112. The third kappa shape index (κ3) is 6.54.